The summed E-state index contributed by atoms with van der Waals surface area (Å²) in [5.41, 5.74) is 7.61. The monoisotopic (exact) mass is 236 g/mol. The van der Waals surface area contributed by atoms with Crippen molar-refractivity contribution < 1.29 is 0 Å². The molecule has 16 heavy (non-hydrogen) atoms. The molecule has 0 amide bonds. The molecule has 4 nitrogen and oxygen atoms in total. The molecule has 0 bridgehead atoms. The first-order valence-electron chi connectivity index (χ1n) is 5.05. The second-order valence-electron chi connectivity index (χ2n) is 3.86. The number of nitrogens with two attached hydrogens (primary N) is 1. The fraction of sp³-hybridized carbons (Fsp3) is 0.273. The third-order valence-corrected chi connectivity index (χ3v) is 2.48. The molecular weight excluding hydrogens is 224 g/mol. The van der Waals surface area contributed by atoms with Crippen molar-refractivity contribution in [1.29, 1.82) is 0 Å². The Morgan fingerprint density at radius 3 is 2.69 bits per heavy atom. The van der Waals surface area contributed by atoms with Crippen LogP contribution in [0.1, 0.15) is 19.9 Å². The van der Waals surface area contributed by atoms with Crippen LogP contribution < -0.4 is 5.73 Å². The lowest BCUT2D eigenvalue weighted by atomic mass is 10.2. The number of nitrogens with zero attached hydrogens (tertiary/aromatic N) is 3. The molecule has 0 saturated heterocycles. The molecule has 0 unspecified atom stereocenters. The number of pyridine rings is 1. The second-order valence-corrected chi connectivity index (χ2v) is 4.25. The lowest BCUT2D eigenvalue weighted by Crippen LogP contribution is -2.06. The molecule has 0 saturated carbocycles. The quantitative estimate of drug-likeness (QED) is 0.816. The number of hydrogen-bond donors (Lipinski definition) is 1. The first kappa shape index (κ1) is 11.0. The maximum Gasteiger partial charge on any atom is 0.129 e. The van der Waals surface area contributed by atoms with Crippen molar-refractivity contribution in [2.75, 3.05) is 5.73 Å². The summed E-state index contributed by atoms with van der Waals surface area (Å²) in [6.45, 7) is 4.07. The number of halogens is 1. The maximum atomic E-state index is 5.87. The van der Waals surface area contributed by atoms with Gasteiger partial charge in [0.25, 0.3) is 0 Å². The maximum absolute atomic E-state index is 5.87. The van der Waals surface area contributed by atoms with Crippen LogP contribution >= 0.6 is 11.6 Å². The molecule has 2 aromatic rings. The molecule has 0 aliphatic heterocycles. The predicted molar refractivity (Wildman–Crippen MR) is 65.3 cm³/mol. The fourth-order valence-corrected chi connectivity index (χ4v) is 1.70. The molecule has 2 N–H and O–H groups in total. The van der Waals surface area contributed by atoms with Crippen molar-refractivity contribution in [3.05, 3.63) is 29.5 Å². The van der Waals surface area contributed by atoms with E-state index in [2.05, 4.69) is 10.1 Å². The van der Waals surface area contributed by atoms with Gasteiger partial charge in [-0.3, -0.25) is 0 Å². The molecule has 0 aromatic carbocycles. The van der Waals surface area contributed by atoms with Gasteiger partial charge in [0.2, 0.25) is 0 Å². The minimum atomic E-state index is 0.242. The molecule has 0 radical (unpaired) electrons. The zero-order chi connectivity index (χ0) is 11.7. The van der Waals surface area contributed by atoms with Gasteiger partial charge in [-0.25, -0.2) is 9.67 Å². The van der Waals surface area contributed by atoms with E-state index in [4.69, 9.17) is 17.3 Å². The Bertz CT molecular complexity index is 504. The predicted octanol–water partition coefficient (Wildman–Crippen LogP) is 2.76. The van der Waals surface area contributed by atoms with E-state index in [0.29, 0.717) is 11.0 Å². The van der Waals surface area contributed by atoms with Crippen molar-refractivity contribution in [3.8, 4) is 11.3 Å². The molecule has 0 fully saturated rings. The lowest BCUT2D eigenvalue weighted by molar-refractivity contribution is 0.542. The SMILES string of the molecule is CC(C)n1nc(-c2ccnc(Cl)c2)cc1N. The molecule has 0 atom stereocenters. The molecule has 84 valence electrons. The van der Waals surface area contributed by atoms with Gasteiger partial charge in [-0.2, -0.15) is 5.10 Å². The van der Waals surface area contributed by atoms with Crippen molar-refractivity contribution in [1.82, 2.24) is 14.8 Å². The van der Waals surface area contributed by atoms with Crippen LogP contribution in [0.15, 0.2) is 24.4 Å². The summed E-state index contributed by atoms with van der Waals surface area (Å²) in [6, 6.07) is 5.71. The van der Waals surface area contributed by atoms with E-state index in [1.807, 2.05) is 26.0 Å². The van der Waals surface area contributed by atoms with E-state index in [1.54, 1.807) is 16.9 Å². The van der Waals surface area contributed by atoms with Crippen LogP contribution in [-0.2, 0) is 0 Å². The van der Waals surface area contributed by atoms with E-state index in [9.17, 15) is 0 Å². The van der Waals surface area contributed by atoms with E-state index < -0.39 is 0 Å². The number of anilines is 1. The minimum absolute atomic E-state index is 0.242. The Hall–Kier alpha value is -1.55. The van der Waals surface area contributed by atoms with Crippen LogP contribution in [0.3, 0.4) is 0 Å². The Kier molecular flexibility index (Phi) is 2.83. The van der Waals surface area contributed by atoms with Crippen LogP contribution in [0.25, 0.3) is 11.3 Å². The third kappa shape index (κ3) is 2.02. The molecule has 0 aliphatic rings. The second kappa shape index (κ2) is 4.14. The van der Waals surface area contributed by atoms with Crippen molar-refractivity contribution in [2.24, 2.45) is 0 Å². The summed E-state index contributed by atoms with van der Waals surface area (Å²) >= 11 is 5.83. The third-order valence-electron chi connectivity index (χ3n) is 2.28. The van der Waals surface area contributed by atoms with Gasteiger partial charge in [0.15, 0.2) is 0 Å². The summed E-state index contributed by atoms with van der Waals surface area (Å²) in [5, 5.41) is 4.88. The summed E-state index contributed by atoms with van der Waals surface area (Å²) < 4.78 is 1.78. The highest BCUT2D eigenvalue weighted by molar-refractivity contribution is 6.29. The summed E-state index contributed by atoms with van der Waals surface area (Å²) in [7, 11) is 0. The van der Waals surface area contributed by atoms with Crippen molar-refractivity contribution >= 4 is 17.4 Å². The van der Waals surface area contributed by atoms with Gasteiger partial charge in [0.05, 0.1) is 5.69 Å². The first-order chi connectivity index (χ1) is 7.58. The van der Waals surface area contributed by atoms with Gasteiger partial charge in [0.1, 0.15) is 11.0 Å². The van der Waals surface area contributed by atoms with Gasteiger partial charge >= 0.3 is 0 Å². The van der Waals surface area contributed by atoms with Crippen molar-refractivity contribution in [2.45, 2.75) is 19.9 Å². The van der Waals surface area contributed by atoms with E-state index >= 15 is 0 Å². The molecule has 2 heterocycles. The average molecular weight is 237 g/mol. The van der Waals surface area contributed by atoms with Gasteiger partial charge in [-0.15, -0.1) is 0 Å². The van der Waals surface area contributed by atoms with Gasteiger partial charge in [-0.05, 0) is 26.0 Å². The highest BCUT2D eigenvalue weighted by Crippen LogP contribution is 2.23. The molecule has 2 aromatic heterocycles. The Morgan fingerprint density at radius 1 is 1.38 bits per heavy atom. The molecule has 2 rings (SSSR count). The van der Waals surface area contributed by atoms with E-state index in [-0.39, 0.29) is 6.04 Å². The number of aromatic nitrogens is 3. The van der Waals surface area contributed by atoms with E-state index in [1.165, 1.54) is 0 Å². The Labute approximate surface area is 99.1 Å². The van der Waals surface area contributed by atoms with Gasteiger partial charge in [0, 0.05) is 23.9 Å². The topological polar surface area (TPSA) is 56.7 Å². The normalized spacial score (nSPS) is 11.0. The van der Waals surface area contributed by atoms with Gasteiger partial charge in [-0.1, -0.05) is 11.6 Å². The lowest BCUT2D eigenvalue weighted by Gasteiger charge is -2.06. The van der Waals surface area contributed by atoms with E-state index in [0.717, 1.165) is 11.3 Å². The number of rotatable bonds is 2. The summed E-state index contributed by atoms with van der Waals surface area (Å²) in [6.07, 6.45) is 1.66. The van der Waals surface area contributed by atoms with Crippen LogP contribution in [0, 0.1) is 0 Å². The number of nitrogen functional groups attached to an aromatic ring is 1. The Morgan fingerprint density at radius 2 is 2.12 bits per heavy atom. The minimum Gasteiger partial charge on any atom is -0.384 e. The largest absolute Gasteiger partial charge is 0.384 e. The Balaban J connectivity index is 2.45. The zero-order valence-corrected chi connectivity index (χ0v) is 9.94. The molecule has 5 heteroatoms. The standard InChI is InChI=1S/C11H13ClN4/c1-7(2)16-11(13)6-9(15-16)8-3-4-14-10(12)5-8/h3-7H,13H2,1-2H3. The first-order valence-corrected chi connectivity index (χ1v) is 5.42. The zero-order valence-electron chi connectivity index (χ0n) is 9.18. The van der Waals surface area contributed by atoms with Crippen LogP contribution in [-0.4, -0.2) is 14.8 Å². The summed E-state index contributed by atoms with van der Waals surface area (Å²) in [5.74, 6) is 0.651. The average Bonchev–Trinajstić information content (AvgIpc) is 2.60. The number of hydrogen-bond acceptors (Lipinski definition) is 3. The highest BCUT2D eigenvalue weighted by atomic mass is 35.5. The molecular formula is C11H13ClN4. The highest BCUT2D eigenvalue weighted by Gasteiger charge is 2.09. The van der Waals surface area contributed by atoms with Crippen LogP contribution in [0.4, 0.5) is 5.82 Å². The smallest absolute Gasteiger partial charge is 0.129 e. The van der Waals surface area contributed by atoms with Crippen LogP contribution in [0.2, 0.25) is 5.15 Å². The molecule has 0 aliphatic carbocycles. The van der Waals surface area contributed by atoms with Gasteiger partial charge < -0.3 is 5.73 Å². The van der Waals surface area contributed by atoms with Crippen molar-refractivity contribution in [3.63, 3.8) is 0 Å². The fourth-order valence-electron chi connectivity index (χ4n) is 1.53. The molecule has 0 spiro atoms. The van der Waals surface area contributed by atoms with Crippen LogP contribution in [0.5, 0.6) is 0 Å². The summed E-state index contributed by atoms with van der Waals surface area (Å²) in [4.78, 5) is 3.93.